The summed E-state index contributed by atoms with van der Waals surface area (Å²) in [6, 6.07) is 5.15. The van der Waals surface area contributed by atoms with Crippen molar-refractivity contribution in [1.29, 1.82) is 0 Å². The van der Waals surface area contributed by atoms with Crippen molar-refractivity contribution in [2.45, 2.75) is 45.1 Å². The van der Waals surface area contributed by atoms with Crippen LogP contribution in [0.15, 0.2) is 18.2 Å². The molecule has 2 aromatic rings. The third kappa shape index (κ3) is 6.38. The summed E-state index contributed by atoms with van der Waals surface area (Å²) >= 11 is 0. The van der Waals surface area contributed by atoms with Crippen molar-refractivity contribution in [3.05, 3.63) is 40.5 Å². The number of benzene rings is 2. The van der Waals surface area contributed by atoms with Gasteiger partial charge in [-0.3, -0.25) is 14.5 Å². The van der Waals surface area contributed by atoms with E-state index in [-0.39, 0.29) is 43.6 Å². The molecular formula is C27H36N4O9. The van der Waals surface area contributed by atoms with E-state index in [4.69, 9.17) is 4.74 Å². The number of aldehydes is 1. The lowest BCUT2D eigenvalue weighted by molar-refractivity contribution is -0.171. The van der Waals surface area contributed by atoms with Gasteiger partial charge in [0.25, 0.3) is 5.91 Å². The van der Waals surface area contributed by atoms with E-state index in [0.717, 1.165) is 4.90 Å². The number of likely N-dealkylation sites (N-methyl/N-ethyl adjacent to an activating group) is 1. The number of phenolic OH excluding ortho intramolecular Hbond substituents is 4. The number of ether oxygens (including phenoxy) is 1. The van der Waals surface area contributed by atoms with Gasteiger partial charge in [0.15, 0.2) is 11.5 Å². The van der Waals surface area contributed by atoms with E-state index >= 15 is 0 Å². The van der Waals surface area contributed by atoms with Crippen LogP contribution in [0.3, 0.4) is 0 Å². The van der Waals surface area contributed by atoms with E-state index in [2.05, 4.69) is 10.6 Å². The predicted octanol–water partition coefficient (Wildman–Crippen LogP) is 0.634. The number of phenols is 4. The standard InChI is InChI=1S/C27H36N4O9/c1-17-5-3-6-21(19(17)15-31(16-33)27(39,7-4-10-32)26(38)28-2)29-13-18-22(34)20(24(36)25(37)23(18)35)14-30-8-11-40-12-9-30/h3,5-6,10,16,29,34-37,39H,4,7-9,11-15H2,1-2H3,(H,28,38). The number of aromatic hydroxyl groups is 4. The Balaban J connectivity index is 1.92. The number of rotatable bonds is 13. The first-order valence-corrected chi connectivity index (χ1v) is 12.8. The highest BCUT2D eigenvalue weighted by Crippen LogP contribution is 2.47. The van der Waals surface area contributed by atoms with Gasteiger partial charge in [0.1, 0.15) is 12.0 Å². The molecule has 40 heavy (non-hydrogen) atoms. The minimum absolute atomic E-state index is 0.0522. The van der Waals surface area contributed by atoms with Crippen molar-refractivity contribution in [1.82, 2.24) is 15.1 Å². The molecule has 2 aromatic carbocycles. The molecule has 1 aliphatic heterocycles. The minimum Gasteiger partial charge on any atom is -0.507 e. The van der Waals surface area contributed by atoms with Crippen LogP contribution in [0.1, 0.15) is 35.1 Å². The zero-order valence-electron chi connectivity index (χ0n) is 22.5. The first kappa shape index (κ1) is 30.5. The Morgan fingerprint density at radius 1 is 1.05 bits per heavy atom. The van der Waals surface area contributed by atoms with Crippen LogP contribution in [0.5, 0.6) is 23.0 Å². The summed E-state index contributed by atoms with van der Waals surface area (Å²) < 4.78 is 5.32. The predicted molar refractivity (Wildman–Crippen MR) is 144 cm³/mol. The van der Waals surface area contributed by atoms with Gasteiger partial charge in [-0.15, -0.1) is 0 Å². The van der Waals surface area contributed by atoms with Crippen LogP contribution in [0.25, 0.3) is 0 Å². The van der Waals surface area contributed by atoms with Crippen molar-refractivity contribution in [3.63, 3.8) is 0 Å². The third-order valence-corrected chi connectivity index (χ3v) is 7.08. The van der Waals surface area contributed by atoms with Crippen molar-refractivity contribution in [2.24, 2.45) is 0 Å². The largest absolute Gasteiger partial charge is 0.507 e. The van der Waals surface area contributed by atoms with Gasteiger partial charge >= 0.3 is 0 Å². The first-order valence-electron chi connectivity index (χ1n) is 12.8. The van der Waals surface area contributed by atoms with Crippen molar-refractivity contribution >= 4 is 24.3 Å². The van der Waals surface area contributed by atoms with E-state index < -0.39 is 34.6 Å². The molecule has 13 heteroatoms. The topological polar surface area (TPSA) is 192 Å². The van der Waals surface area contributed by atoms with Crippen molar-refractivity contribution in [2.75, 3.05) is 38.7 Å². The minimum atomic E-state index is -2.29. The number of anilines is 1. The second-order valence-corrected chi connectivity index (χ2v) is 9.53. The SMILES string of the molecule is CNC(=O)C(O)(CCC=O)N(C=O)Cc1c(C)cccc1NCc1c(O)c(O)c(O)c(CN2CCOCC2)c1O. The van der Waals surface area contributed by atoms with Crippen LogP contribution in [0.4, 0.5) is 5.69 Å². The fourth-order valence-corrected chi connectivity index (χ4v) is 4.64. The van der Waals surface area contributed by atoms with E-state index in [1.165, 1.54) is 7.05 Å². The molecule has 0 radical (unpaired) electrons. The molecule has 13 nitrogen and oxygen atoms in total. The number of aryl methyl sites for hydroxylation is 1. The zero-order valence-corrected chi connectivity index (χ0v) is 22.5. The van der Waals surface area contributed by atoms with Gasteiger partial charge in [-0.1, -0.05) is 12.1 Å². The molecule has 3 rings (SSSR count). The normalized spacial score (nSPS) is 15.2. The molecule has 0 aromatic heterocycles. The highest BCUT2D eigenvalue weighted by molar-refractivity contribution is 5.86. The van der Waals surface area contributed by atoms with E-state index in [0.29, 0.717) is 55.8 Å². The van der Waals surface area contributed by atoms with E-state index in [1.807, 2.05) is 4.90 Å². The Kier molecular flexibility index (Phi) is 10.2. The number of aliphatic hydroxyl groups is 1. The fraction of sp³-hybridized carbons (Fsp3) is 0.444. The molecule has 7 N–H and O–H groups in total. The summed E-state index contributed by atoms with van der Waals surface area (Å²) in [5.41, 5.74) is -0.643. The van der Waals surface area contributed by atoms with Gasteiger partial charge < -0.3 is 50.6 Å². The quantitative estimate of drug-likeness (QED) is 0.0787. The number of nitrogens with one attached hydrogen (secondary N) is 2. The molecule has 1 fully saturated rings. The second-order valence-electron chi connectivity index (χ2n) is 9.53. The van der Waals surface area contributed by atoms with Crippen LogP contribution < -0.4 is 10.6 Å². The maximum absolute atomic E-state index is 12.5. The van der Waals surface area contributed by atoms with Crippen LogP contribution >= 0.6 is 0 Å². The fourth-order valence-electron chi connectivity index (χ4n) is 4.64. The molecule has 1 heterocycles. The number of nitrogens with zero attached hydrogens (tertiary/aromatic N) is 2. The van der Waals surface area contributed by atoms with Crippen LogP contribution in [-0.2, 0) is 38.8 Å². The van der Waals surface area contributed by atoms with Crippen LogP contribution in [0.2, 0.25) is 0 Å². The van der Waals surface area contributed by atoms with Gasteiger partial charge in [-0.25, -0.2) is 0 Å². The second kappa shape index (κ2) is 13.3. The lowest BCUT2D eigenvalue weighted by Gasteiger charge is -2.36. The average molecular weight is 561 g/mol. The summed E-state index contributed by atoms with van der Waals surface area (Å²) in [5.74, 6) is -3.32. The first-order chi connectivity index (χ1) is 19.1. The number of carbonyl (C=O) groups is 3. The zero-order chi connectivity index (χ0) is 29.4. The van der Waals surface area contributed by atoms with Crippen LogP contribution in [-0.4, -0.2) is 93.0 Å². The number of amides is 2. The summed E-state index contributed by atoms with van der Waals surface area (Å²) in [6.07, 6.45) is 0.383. The summed E-state index contributed by atoms with van der Waals surface area (Å²) in [6.45, 7) is 3.55. The van der Waals surface area contributed by atoms with Crippen LogP contribution in [0, 0.1) is 6.92 Å². The molecule has 0 spiro atoms. The van der Waals surface area contributed by atoms with Crippen molar-refractivity contribution < 1.29 is 44.7 Å². The third-order valence-electron chi connectivity index (χ3n) is 7.08. The van der Waals surface area contributed by atoms with Gasteiger partial charge in [0.2, 0.25) is 17.9 Å². The molecule has 1 saturated heterocycles. The number of morpholine rings is 1. The average Bonchev–Trinajstić information content (AvgIpc) is 2.96. The Bertz CT molecular complexity index is 1230. The maximum atomic E-state index is 12.5. The Morgan fingerprint density at radius 2 is 1.73 bits per heavy atom. The van der Waals surface area contributed by atoms with E-state index in [1.54, 1.807) is 25.1 Å². The lowest BCUT2D eigenvalue weighted by atomic mass is 10.0. The summed E-state index contributed by atoms with van der Waals surface area (Å²) in [5, 5.41) is 58.8. The summed E-state index contributed by atoms with van der Waals surface area (Å²) in [7, 11) is 1.30. The van der Waals surface area contributed by atoms with E-state index in [9.17, 15) is 39.9 Å². The number of hydrogen-bond acceptors (Lipinski definition) is 11. The number of carbonyl (C=O) groups excluding carboxylic acids is 3. The van der Waals surface area contributed by atoms with Gasteiger partial charge in [0.05, 0.1) is 30.9 Å². The molecule has 1 atom stereocenters. The maximum Gasteiger partial charge on any atom is 0.273 e. The Labute approximate surface area is 231 Å². The van der Waals surface area contributed by atoms with Crippen molar-refractivity contribution in [3.8, 4) is 23.0 Å². The molecule has 0 aliphatic carbocycles. The van der Waals surface area contributed by atoms with Gasteiger partial charge in [-0.05, 0) is 24.1 Å². The lowest BCUT2D eigenvalue weighted by Crippen LogP contribution is -2.57. The molecule has 2 amide bonds. The Morgan fingerprint density at radius 3 is 2.35 bits per heavy atom. The smallest absolute Gasteiger partial charge is 0.273 e. The molecule has 0 bridgehead atoms. The highest BCUT2D eigenvalue weighted by Gasteiger charge is 2.41. The molecular weight excluding hydrogens is 524 g/mol. The van der Waals surface area contributed by atoms with Gasteiger partial charge in [-0.2, -0.15) is 0 Å². The molecule has 218 valence electrons. The highest BCUT2D eigenvalue weighted by atomic mass is 16.5. The molecule has 1 unspecified atom stereocenters. The van der Waals surface area contributed by atoms with Gasteiger partial charge in [0, 0.05) is 51.8 Å². The molecule has 0 saturated carbocycles. The summed E-state index contributed by atoms with van der Waals surface area (Å²) in [4.78, 5) is 38.3. The Hall–Kier alpha value is -4.07. The number of hydrogen-bond donors (Lipinski definition) is 7. The molecule has 1 aliphatic rings. The monoisotopic (exact) mass is 560 g/mol.